The molecule has 0 aliphatic carbocycles. The van der Waals surface area contributed by atoms with Gasteiger partial charge in [0.25, 0.3) is 0 Å². The molecule has 2 rings (SSSR count). The van der Waals surface area contributed by atoms with Crippen LogP contribution in [0.2, 0.25) is 0 Å². The maximum absolute atomic E-state index is 4.78. The lowest BCUT2D eigenvalue weighted by molar-refractivity contribution is 0.547. The van der Waals surface area contributed by atoms with Gasteiger partial charge in [0.2, 0.25) is 0 Å². The molecule has 1 heterocycles. The minimum absolute atomic E-state index is 0.685. The van der Waals surface area contributed by atoms with Crippen molar-refractivity contribution in [2.45, 2.75) is 33.7 Å². The van der Waals surface area contributed by atoms with Crippen molar-refractivity contribution in [2.24, 2.45) is 5.92 Å². The van der Waals surface area contributed by atoms with Crippen molar-refractivity contribution in [3.63, 3.8) is 0 Å². The zero-order chi connectivity index (χ0) is 14.5. The van der Waals surface area contributed by atoms with E-state index in [1.54, 1.807) is 0 Å². The molecule has 0 unspecified atom stereocenters. The third-order valence-corrected chi connectivity index (χ3v) is 3.37. The fraction of sp³-hybridized carbons (Fsp3) is 0.471. The Hall–Kier alpha value is -1.61. The van der Waals surface area contributed by atoms with E-state index in [2.05, 4.69) is 55.4 Å². The predicted octanol–water partition coefficient (Wildman–Crippen LogP) is 3.32. The molecule has 0 spiro atoms. The maximum Gasteiger partial charge on any atom is 0.111 e. The molecule has 3 nitrogen and oxygen atoms in total. The summed E-state index contributed by atoms with van der Waals surface area (Å²) >= 11 is 0. The Balaban J connectivity index is 2.18. The molecule has 0 aliphatic heterocycles. The number of hydrogen-bond donors (Lipinski definition) is 1. The number of hydrogen-bond acceptors (Lipinski definition) is 2. The molecule has 1 aromatic carbocycles. The van der Waals surface area contributed by atoms with Crippen molar-refractivity contribution in [3.8, 4) is 0 Å². The number of aromatic nitrogens is 2. The summed E-state index contributed by atoms with van der Waals surface area (Å²) in [5.41, 5.74) is 3.55. The van der Waals surface area contributed by atoms with E-state index in [4.69, 9.17) is 4.98 Å². The van der Waals surface area contributed by atoms with Gasteiger partial charge in [-0.15, -0.1) is 6.58 Å². The van der Waals surface area contributed by atoms with Crippen molar-refractivity contribution in [1.29, 1.82) is 0 Å². The second-order valence-corrected chi connectivity index (χ2v) is 5.77. The smallest absolute Gasteiger partial charge is 0.111 e. The molecule has 20 heavy (non-hydrogen) atoms. The summed E-state index contributed by atoms with van der Waals surface area (Å²) in [7, 11) is 0. The first kappa shape index (κ1) is 14.8. The van der Waals surface area contributed by atoms with Gasteiger partial charge in [-0.3, -0.25) is 0 Å². The zero-order valence-electron chi connectivity index (χ0n) is 12.8. The van der Waals surface area contributed by atoms with Crippen LogP contribution in [0.25, 0.3) is 11.0 Å². The van der Waals surface area contributed by atoms with Crippen LogP contribution in [0.4, 0.5) is 0 Å². The highest BCUT2D eigenvalue weighted by molar-refractivity contribution is 5.77. The van der Waals surface area contributed by atoms with Crippen molar-refractivity contribution in [1.82, 2.24) is 14.9 Å². The highest BCUT2D eigenvalue weighted by Crippen LogP contribution is 2.18. The third-order valence-electron chi connectivity index (χ3n) is 3.37. The Morgan fingerprint density at radius 3 is 2.90 bits per heavy atom. The summed E-state index contributed by atoms with van der Waals surface area (Å²) in [6, 6.07) is 6.45. The molecule has 2 aromatic rings. The first-order chi connectivity index (χ1) is 9.61. The van der Waals surface area contributed by atoms with Crippen LogP contribution in [-0.4, -0.2) is 22.6 Å². The van der Waals surface area contributed by atoms with E-state index < -0.39 is 0 Å². The van der Waals surface area contributed by atoms with Gasteiger partial charge in [0, 0.05) is 19.5 Å². The van der Waals surface area contributed by atoms with Crippen molar-refractivity contribution in [3.05, 3.63) is 42.2 Å². The van der Waals surface area contributed by atoms with E-state index in [-0.39, 0.29) is 0 Å². The molecule has 1 N–H and O–H groups in total. The maximum atomic E-state index is 4.78. The van der Waals surface area contributed by atoms with Gasteiger partial charge in [-0.25, -0.2) is 4.98 Å². The van der Waals surface area contributed by atoms with E-state index in [0.717, 1.165) is 37.4 Å². The van der Waals surface area contributed by atoms with E-state index in [0.29, 0.717) is 5.92 Å². The average molecular weight is 271 g/mol. The topological polar surface area (TPSA) is 29.9 Å². The third kappa shape index (κ3) is 3.48. The molecule has 3 heteroatoms. The number of rotatable bonds is 7. The number of fused-ring (bicyclic) bond motifs is 1. The van der Waals surface area contributed by atoms with Gasteiger partial charge < -0.3 is 9.88 Å². The highest BCUT2D eigenvalue weighted by atomic mass is 15.1. The molecular weight excluding hydrogens is 246 g/mol. The molecule has 0 atom stereocenters. The average Bonchev–Trinajstić information content (AvgIpc) is 2.72. The standard InChI is InChI=1S/C17H25N3/c1-5-10-20-16-7-6-14(4)11-15(16)19-17(20)8-9-18-12-13(2)3/h5-7,11,13,18H,1,8-10,12H2,2-4H3. The van der Waals surface area contributed by atoms with Crippen LogP contribution in [-0.2, 0) is 13.0 Å². The first-order valence-electron chi connectivity index (χ1n) is 7.39. The number of allylic oxidation sites excluding steroid dienone is 1. The normalized spacial score (nSPS) is 11.4. The second kappa shape index (κ2) is 6.71. The van der Waals surface area contributed by atoms with Gasteiger partial charge >= 0.3 is 0 Å². The number of nitrogens with one attached hydrogen (secondary N) is 1. The van der Waals surface area contributed by atoms with Gasteiger partial charge in [-0.2, -0.15) is 0 Å². The van der Waals surface area contributed by atoms with E-state index in [9.17, 15) is 0 Å². The monoisotopic (exact) mass is 271 g/mol. The molecule has 1 aromatic heterocycles. The highest BCUT2D eigenvalue weighted by Gasteiger charge is 2.09. The number of imidazole rings is 1. The predicted molar refractivity (Wildman–Crippen MR) is 86.1 cm³/mol. The molecule has 0 radical (unpaired) electrons. The lowest BCUT2D eigenvalue weighted by Gasteiger charge is -2.09. The Labute approximate surface area is 121 Å². The Kier molecular flexibility index (Phi) is 4.96. The van der Waals surface area contributed by atoms with Crippen LogP contribution < -0.4 is 5.32 Å². The number of nitrogens with zero attached hydrogens (tertiary/aromatic N) is 2. The van der Waals surface area contributed by atoms with Crippen LogP contribution in [0.3, 0.4) is 0 Å². The first-order valence-corrected chi connectivity index (χ1v) is 7.39. The van der Waals surface area contributed by atoms with Gasteiger partial charge in [-0.1, -0.05) is 26.0 Å². The number of aryl methyl sites for hydroxylation is 1. The molecular formula is C17H25N3. The minimum atomic E-state index is 0.685. The van der Waals surface area contributed by atoms with Crippen molar-refractivity contribution in [2.75, 3.05) is 13.1 Å². The molecule has 0 saturated heterocycles. The number of benzene rings is 1. The van der Waals surface area contributed by atoms with Gasteiger partial charge in [-0.05, 0) is 37.1 Å². The van der Waals surface area contributed by atoms with Crippen LogP contribution in [0.5, 0.6) is 0 Å². The fourth-order valence-electron chi connectivity index (χ4n) is 2.40. The molecule has 0 fully saturated rings. The minimum Gasteiger partial charge on any atom is -0.324 e. The lowest BCUT2D eigenvalue weighted by atomic mass is 10.2. The summed E-state index contributed by atoms with van der Waals surface area (Å²) in [6.45, 7) is 13.3. The van der Waals surface area contributed by atoms with Crippen molar-refractivity contribution < 1.29 is 0 Å². The van der Waals surface area contributed by atoms with E-state index in [1.807, 2.05) is 6.08 Å². The molecule has 0 aliphatic rings. The molecule has 0 bridgehead atoms. The van der Waals surface area contributed by atoms with Crippen LogP contribution in [0.1, 0.15) is 25.2 Å². The summed E-state index contributed by atoms with van der Waals surface area (Å²) in [5, 5.41) is 3.48. The molecule has 108 valence electrons. The van der Waals surface area contributed by atoms with E-state index >= 15 is 0 Å². The Bertz CT molecular complexity index is 581. The van der Waals surface area contributed by atoms with Crippen LogP contribution in [0, 0.1) is 12.8 Å². The Morgan fingerprint density at radius 1 is 1.40 bits per heavy atom. The largest absolute Gasteiger partial charge is 0.324 e. The van der Waals surface area contributed by atoms with Crippen molar-refractivity contribution >= 4 is 11.0 Å². The Morgan fingerprint density at radius 2 is 2.20 bits per heavy atom. The van der Waals surface area contributed by atoms with Crippen LogP contribution >= 0.6 is 0 Å². The quantitative estimate of drug-likeness (QED) is 0.618. The summed E-state index contributed by atoms with van der Waals surface area (Å²) in [5.74, 6) is 1.83. The summed E-state index contributed by atoms with van der Waals surface area (Å²) in [6.07, 6.45) is 2.89. The van der Waals surface area contributed by atoms with Crippen LogP contribution in [0.15, 0.2) is 30.9 Å². The lowest BCUT2D eigenvalue weighted by Crippen LogP contribution is -2.23. The van der Waals surface area contributed by atoms with Gasteiger partial charge in [0.1, 0.15) is 5.82 Å². The summed E-state index contributed by atoms with van der Waals surface area (Å²) < 4.78 is 2.26. The second-order valence-electron chi connectivity index (χ2n) is 5.77. The van der Waals surface area contributed by atoms with E-state index in [1.165, 1.54) is 11.1 Å². The fourth-order valence-corrected chi connectivity index (χ4v) is 2.40. The SMILES string of the molecule is C=CCn1c(CCNCC(C)C)nc2cc(C)ccc21. The molecule has 0 saturated carbocycles. The van der Waals surface area contributed by atoms with Gasteiger partial charge in [0.05, 0.1) is 11.0 Å². The summed E-state index contributed by atoms with van der Waals surface area (Å²) in [4.78, 5) is 4.78. The van der Waals surface area contributed by atoms with Gasteiger partial charge in [0.15, 0.2) is 0 Å². The zero-order valence-corrected chi connectivity index (χ0v) is 12.8. The molecule has 0 amide bonds.